The van der Waals surface area contributed by atoms with Gasteiger partial charge in [0.1, 0.15) is 5.67 Å². The largest absolute Gasteiger partial charge is 0.307 e. The van der Waals surface area contributed by atoms with Gasteiger partial charge in [-0.25, -0.2) is 4.39 Å². The first-order valence-electron chi connectivity index (χ1n) is 7.63. The normalized spacial score (nSPS) is 43.6. The number of alkyl halides is 1. The Hall–Kier alpha value is -0.890. The van der Waals surface area contributed by atoms with Crippen LogP contribution in [0.25, 0.3) is 0 Å². The van der Waals surface area contributed by atoms with Crippen molar-refractivity contribution in [2.75, 3.05) is 0 Å². The summed E-state index contributed by atoms with van der Waals surface area (Å²) in [6, 6.07) is 10.5. The Kier molecular flexibility index (Phi) is 2.54. The van der Waals surface area contributed by atoms with E-state index in [1.54, 1.807) is 0 Å². The second-order valence-corrected chi connectivity index (χ2v) is 7.23. The first-order valence-corrected chi connectivity index (χ1v) is 7.63. The molecule has 0 radical (unpaired) electrons. The van der Waals surface area contributed by atoms with Gasteiger partial charge in [-0.05, 0) is 55.9 Å². The number of benzene rings is 1. The Bertz CT molecular complexity index is 455. The first kappa shape index (κ1) is 11.9. The monoisotopic (exact) mass is 259 g/mol. The van der Waals surface area contributed by atoms with Gasteiger partial charge in [-0.15, -0.1) is 0 Å². The molecule has 4 aliphatic rings. The van der Waals surface area contributed by atoms with Gasteiger partial charge in [-0.2, -0.15) is 0 Å². The molecule has 0 saturated heterocycles. The number of nitrogens with one attached hydrogen (secondary N) is 1. The van der Waals surface area contributed by atoms with Crippen molar-refractivity contribution in [3.05, 3.63) is 35.9 Å². The minimum atomic E-state index is -0.853. The quantitative estimate of drug-likeness (QED) is 0.869. The zero-order chi connectivity index (χ0) is 12.9. The lowest BCUT2D eigenvalue weighted by molar-refractivity contribution is -0.0979. The molecule has 0 aromatic heterocycles. The SMILES string of the molecule is FC12CC3CC(C1)CC(NCc1ccccc1)(C3)C2. The van der Waals surface area contributed by atoms with Crippen molar-refractivity contribution in [3.63, 3.8) is 0 Å². The van der Waals surface area contributed by atoms with E-state index in [0.717, 1.165) is 25.8 Å². The van der Waals surface area contributed by atoms with Crippen LogP contribution in [0.2, 0.25) is 0 Å². The first-order chi connectivity index (χ1) is 9.15. The van der Waals surface area contributed by atoms with Crippen LogP contribution in [0.3, 0.4) is 0 Å². The molecule has 2 unspecified atom stereocenters. The zero-order valence-electron chi connectivity index (χ0n) is 11.4. The predicted molar refractivity (Wildman–Crippen MR) is 74.5 cm³/mol. The molecule has 0 aliphatic heterocycles. The molecule has 1 N–H and O–H groups in total. The van der Waals surface area contributed by atoms with Gasteiger partial charge in [0.15, 0.2) is 0 Å². The summed E-state index contributed by atoms with van der Waals surface area (Å²) in [5, 5.41) is 3.73. The Morgan fingerprint density at radius 2 is 1.74 bits per heavy atom. The van der Waals surface area contributed by atoms with Crippen LogP contribution in [0.15, 0.2) is 30.3 Å². The van der Waals surface area contributed by atoms with E-state index in [2.05, 4.69) is 29.6 Å². The van der Waals surface area contributed by atoms with Gasteiger partial charge in [0.2, 0.25) is 0 Å². The Morgan fingerprint density at radius 3 is 2.37 bits per heavy atom. The maximum Gasteiger partial charge on any atom is 0.113 e. The average molecular weight is 259 g/mol. The van der Waals surface area contributed by atoms with Crippen LogP contribution in [0.1, 0.15) is 44.1 Å². The van der Waals surface area contributed by atoms with Crippen LogP contribution in [-0.2, 0) is 6.54 Å². The third-order valence-corrected chi connectivity index (χ3v) is 5.50. The molecule has 2 heteroatoms. The summed E-state index contributed by atoms with van der Waals surface area (Å²) in [6.45, 7) is 0.885. The number of rotatable bonds is 3. The topological polar surface area (TPSA) is 12.0 Å². The van der Waals surface area contributed by atoms with Gasteiger partial charge in [0.25, 0.3) is 0 Å². The molecule has 1 nitrogen and oxygen atoms in total. The fourth-order valence-electron chi connectivity index (χ4n) is 5.24. The lowest BCUT2D eigenvalue weighted by Crippen LogP contribution is -2.62. The van der Waals surface area contributed by atoms with E-state index >= 15 is 0 Å². The average Bonchev–Trinajstić information content (AvgIpc) is 2.35. The van der Waals surface area contributed by atoms with Crippen molar-refractivity contribution >= 4 is 0 Å². The fourth-order valence-corrected chi connectivity index (χ4v) is 5.24. The van der Waals surface area contributed by atoms with Crippen molar-refractivity contribution in [3.8, 4) is 0 Å². The Morgan fingerprint density at radius 1 is 1.05 bits per heavy atom. The molecule has 5 rings (SSSR count). The highest BCUT2D eigenvalue weighted by Gasteiger charge is 2.58. The maximum absolute atomic E-state index is 14.8. The zero-order valence-corrected chi connectivity index (χ0v) is 11.4. The molecule has 1 aromatic rings. The van der Waals surface area contributed by atoms with Crippen LogP contribution in [0.5, 0.6) is 0 Å². The summed E-state index contributed by atoms with van der Waals surface area (Å²) in [4.78, 5) is 0. The van der Waals surface area contributed by atoms with Crippen LogP contribution in [0.4, 0.5) is 4.39 Å². The van der Waals surface area contributed by atoms with E-state index in [1.807, 2.05) is 6.07 Å². The molecular weight excluding hydrogens is 237 g/mol. The minimum absolute atomic E-state index is 0.0919. The standard InChI is InChI=1S/C17H22FN/c18-16-7-14-6-15(8-16)10-17(9-14,12-16)19-11-13-4-2-1-3-5-13/h1-5,14-15,19H,6-12H2. The lowest BCUT2D eigenvalue weighted by atomic mass is 9.51. The molecule has 102 valence electrons. The third kappa shape index (κ3) is 2.10. The highest BCUT2D eigenvalue weighted by molar-refractivity contribution is 5.17. The van der Waals surface area contributed by atoms with Gasteiger partial charge < -0.3 is 5.32 Å². The van der Waals surface area contributed by atoms with Gasteiger partial charge in [-0.1, -0.05) is 30.3 Å². The summed E-state index contributed by atoms with van der Waals surface area (Å²) >= 11 is 0. The van der Waals surface area contributed by atoms with E-state index in [1.165, 1.54) is 24.8 Å². The molecule has 4 aliphatic carbocycles. The molecule has 1 aromatic carbocycles. The van der Waals surface area contributed by atoms with Crippen molar-refractivity contribution in [1.82, 2.24) is 5.32 Å². The van der Waals surface area contributed by atoms with Crippen LogP contribution in [-0.4, -0.2) is 11.2 Å². The molecule has 4 fully saturated rings. The van der Waals surface area contributed by atoms with Crippen molar-refractivity contribution in [1.29, 1.82) is 0 Å². The van der Waals surface area contributed by atoms with Gasteiger partial charge in [-0.3, -0.25) is 0 Å². The van der Waals surface area contributed by atoms with E-state index in [9.17, 15) is 4.39 Å². The molecule has 2 atom stereocenters. The summed E-state index contributed by atoms with van der Waals surface area (Å²) in [5.41, 5.74) is 0.550. The molecule has 4 bridgehead atoms. The molecule has 0 heterocycles. The molecule has 0 spiro atoms. The van der Waals surface area contributed by atoms with E-state index in [0.29, 0.717) is 11.8 Å². The third-order valence-electron chi connectivity index (χ3n) is 5.50. The second-order valence-electron chi connectivity index (χ2n) is 7.23. The molecule has 4 saturated carbocycles. The number of halogens is 1. The molecule has 0 amide bonds. The van der Waals surface area contributed by atoms with Crippen molar-refractivity contribution < 1.29 is 4.39 Å². The number of hydrogen-bond donors (Lipinski definition) is 1. The Balaban J connectivity index is 1.51. The number of hydrogen-bond acceptors (Lipinski definition) is 1. The summed E-state index contributed by atoms with van der Waals surface area (Å²) < 4.78 is 14.8. The van der Waals surface area contributed by atoms with Crippen molar-refractivity contribution in [2.24, 2.45) is 11.8 Å². The Labute approximate surface area is 114 Å². The van der Waals surface area contributed by atoms with Gasteiger partial charge >= 0.3 is 0 Å². The summed E-state index contributed by atoms with van der Waals surface area (Å²) in [6.07, 6.45) is 6.08. The summed E-state index contributed by atoms with van der Waals surface area (Å²) in [7, 11) is 0. The van der Waals surface area contributed by atoms with E-state index in [-0.39, 0.29) is 5.54 Å². The van der Waals surface area contributed by atoms with Crippen LogP contribution < -0.4 is 5.32 Å². The van der Waals surface area contributed by atoms with E-state index in [4.69, 9.17) is 0 Å². The molecular formula is C17H22FN. The molecule has 19 heavy (non-hydrogen) atoms. The highest BCUT2D eigenvalue weighted by atomic mass is 19.1. The lowest BCUT2D eigenvalue weighted by Gasteiger charge is -2.59. The van der Waals surface area contributed by atoms with Gasteiger partial charge in [0, 0.05) is 12.1 Å². The van der Waals surface area contributed by atoms with Crippen molar-refractivity contribution in [2.45, 2.75) is 56.3 Å². The van der Waals surface area contributed by atoms with E-state index < -0.39 is 5.67 Å². The summed E-state index contributed by atoms with van der Waals surface area (Å²) in [5.74, 6) is 1.27. The van der Waals surface area contributed by atoms with Crippen LogP contribution in [0, 0.1) is 11.8 Å². The van der Waals surface area contributed by atoms with Gasteiger partial charge in [0.05, 0.1) is 0 Å². The minimum Gasteiger partial charge on any atom is -0.307 e. The van der Waals surface area contributed by atoms with Crippen LogP contribution >= 0.6 is 0 Å². The maximum atomic E-state index is 14.8. The smallest absolute Gasteiger partial charge is 0.113 e. The highest BCUT2D eigenvalue weighted by Crippen LogP contribution is 2.59. The second kappa shape index (κ2) is 4.05. The fraction of sp³-hybridized carbons (Fsp3) is 0.647. The predicted octanol–water partition coefficient (Wildman–Crippen LogP) is 3.84.